The summed E-state index contributed by atoms with van der Waals surface area (Å²) in [5.41, 5.74) is 0. The van der Waals surface area contributed by atoms with Crippen molar-refractivity contribution in [1.82, 2.24) is 10.3 Å². The van der Waals surface area contributed by atoms with Gasteiger partial charge in [-0.2, -0.15) is 0 Å². The fourth-order valence-electron chi connectivity index (χ4n) is 2.29. The summed E-state index contributed by atoms with van der Waals surface area (Å²) < 4.78 is 5.83. The summed E-state index contributed by atoms with van der Waals surface area (Å²) >= 11 is 0. The van der Waals surface area contributed by atoms with E-state index in [1.54, 1.807) is 6.20 Å². The van der Waals surface area contributed by atoms with Crippen LogP contribution in [0, 0.1) is 0 Å². The van der Waals surface area contributed by atoms with Gasteiger partial charge in [0.2, 0.25) is 5.88 Å². The number of pyridine rings is 1. The summed E-state index contributed by atoms with van der Waals surface area (Å²) in [7, 11) is 0. The lowest BCUT2D eigenvalue weighted by Gasteiger charge is -2.12. The van der Waals surface area contributed by atoms with Crippen molar-refractivity contribution in [2.45, 2.75) is 18.9 Å². The standard InChI is InChI=1S/C14H16N2O/c1-2-6-13-11(4-1)7-9-16-14(13)17-10-12-5-3-8-15-12/h1-2,4,6-7,9,12,15H,3,5,8,10H2. The largest absolute Gasteiger partial charge is 0.476 e. The number of fused-ring (bicyclic) bond motifs is 1. The zero-order valence-corrected chi connectivity index (χ0v) is 9.73. The van der Waals surface area contributed by atoms with E-state index in [1.807, 2.05) is 18.2 Å². The number of nitrogens with zero attached hydrogens (tertiary/aromatic N) is 1. The van der Waals surface area contributed by atoms with E-state index in [2.05, 4.69) is 22.4 Å². The van der Waals surface area contributed by atoms with Crippen LogP contribution in [0.15, 0.2) is 36.5 Å². The highest BCUT2D eigenvalue weighted by Gasteiger charge is 2.15. The van der Waals surface area contributed by atoms with Gasteiger partial charge in [0, 0.05) is 17.6 Å². The third-order valence-corrected chi connectivity index (χ3v) is 3.22. The highest BCUT2D eigenvalue weighted by atomic mass is 16.5. The molecule has 1 unspecified atom stereocenters. The van der Waals surface area contributed by atoms with Gasteiger partial charge in [0.05, 0.1) is 0 Å². The molecule has 0 spiro atoms. The van der Waals surface area contributed by atoms with E-state index in [1.165, 1.54) is 18.2 Å². The molecule has 17 heavy (non-hydrogen) atoms. The molecule has 1 aromatic carbocycles. The topological polar surface area (TPSA) is 34.1 Å². The van der Waals surface area contributed by atoms with Gasteiger partial charge >= 0.3 is 0 Å². The number of aromatic nitrogens is 1. The molecule has 3 heteroatoms. The minimum Gasteiger partial charge on any atom is -0.476 e. The first-order chi connectivity index (χ1) is 8.43. The molecule has 1 saturated heterocycles. The van der Waals surface area contributed by atoms with Gasteiger partial charge in [-0.1, -0.05) is 18.2 Å². The van der Waals surface area contributed by atoms with Crippen molar-refractivity contribution in [3.63, 3.8) is 0 Å². The molecule has 3 nitrogen and oxygen atoms in total. The monoisotopic (exact) mass is 228 g/mol. The van der Waals surface area contributed by atoms with E-state index < -0.39 is 0 Å². The third kappa shape index (κ3) is 2.24. The summed E-state index contributed by atoms with van der Waals surface area (Å²) in [5, 5.41) is 5.69. The Morgan fingerprint density at radius 1 is 1.29 bits per heavy atom. The average molecular weight is 228 g/mol. The first-order valence-electron chi connectivity index (χ1n) is 6.13. The second kappa shape index (κ2) is 4.72. The average Bonchev–Trinajstić information content (AvgIpc) is 2.89. The number of ether oxygens (including phenoxy) is 1. The van der Waals surface area contributed by atoms with Crippen molar-refractivity contribution >= 4 is 10.8 Å². The Hall–Kier alpha value is -1.61. The summed E-state index contributed by atoms with van der Waals surface area (Å²) in [4.78, 5) is 4.32. The van der Waals surface area contributed by atoms with Gasteiger partial charge in [0.15, 0.2) is 0 Å². The van der Waals surface area contributed by atoms with E-state index in [0.717, 1.165) is 17.8 Å². The van der Waals surface area contributed by atoms with Crippen molar-refractivity contribution < 1.29 is 4.74 Å². The van der Waals surface area contributed by atoms with Gasteiger partial charge < -0.3 is 10.1 Å². The number of hydrogen-bond donors (Lipinski definition) is 1. The summed E-state index contributed by atoms with van der Waals surface area (Å²) in [6.45, 7) is 1.82. The van der Waals surface area contributed by atoms with E-state index in [4.69, 9.17) is 4.74 Å². The van der Waals surface area contributed by atoms with Gasteiger partial charge in [-0.05, 0) is 36.9 Å². The highest BCUT2D eigenvalue weighted by molar-refractivity contribution is 5.86. The van der Waals surface area contributed by atoms with Crippen LogP contribution in [0.25, 0.3) is 10.8 Å². The lowest BCUT2D eigenvalue weighted by atomic mass is 10.2. The van der Waals surface area contributed by atoms with E-state index in [-0.39, 0.29) is 0 Å². The highest BCUT2D eigenvalue weighted by Crippen LogP contribution is 2.22. The smallest absolute Gasteiger partial charge is 0.221 e. The molecule has 88 valence electrons. The lowest BCUT2D eigenvalue weighted by molar-refractivity contribution is 0.271. The molecule has 1 aromatic heterocycles. The quantitative estimate of drug-likeness (QED) is 0.875. The van der Waals surface area contributed by atoms with Crippen molar-refractivity contribution in [1.29, 1.82) is 0 Å². The summed E-state index contributed by atoms with van der Waals surface area (Å²) in [5.74, 6) is 0.747. The van der Waals surface area contributed by atoms with E-state index in [9.17, 15) is 0 Å². The van der Waals surface area contributed by atoms with Crippen molar-refractivity contribution in [3.05, 3.63) is 36.5 Å². The Morgan fingerprint density at radius 2 is 2.24 bits per heavy atom. The molecular formula is C14H16N2O. The predicted molar refractivity (Wildman–Crippen MR) is 68.3 cm³/mol. The van der Waals surface area contributed by atoms with Crippen LogP contribution in [-0.4, -0.2) is 24.2 Å². The Bertz CT molecular complexity index is 501. The lowest BCUT2D eigenvalue weighted by Crippen LogP contribution is -2.28. The van der Waals surface area contributed by atoms with Crippen LogP contribution < -0.4 is 10.1 Å². The molecule has 0 saturated carbocycles. The predicted octanol–water partition coefficient (Wildman–Crippen LogP) is 2.37. The maximum atomic E-state index is 5.83. The molecule has 2 aromatic rings. The van der Waals surface area contributed by atoms with Gasteiger partial charge in [-0.15, -0.1) is 0 Å². The minimum absolute atomic E-state index is 0.482. The molecule has 0 bridgehead atoms. The van der Waals surface area contributed by atoms with Crippen LogP contribution in [0.5, 0.6) is 5.88 Å². The van der Waals surface area contributed by atoms with Crippen LogP contribution in [0.1, 0.15) is 12.8 Å². The fourth-order valence-corrected chi connectivity index (χ4v) is 2.29. The molecule has 1 aliphatic heterocycles. The third-order valence-electron chi connectivity index (χ3n) is 3.22. The van der Waals surface area contributed by atoms with Crippen LogP contribution in [0.2, 0.25) is 0 Å². The minimum atomic E-state index is 0.482. The molecule has 2 heterocycles. The summed E-state index contributed by atoms with van der Waals surface area (Å²) in [6.07, 6.45) is 4.25. The maximum Gasteiger partial charge on any atom is 0.221 e. The van der Waals surface area contributed by atoms with Gasteiger partial charge in [-0.3, -0.25) is 0 Å². The Morgan fingerprint density at radius 3 is 3.12 bits per heavy atom. The first kappa shape index (κ1) is 10.5. The van der Waals surface area contributed by atoms with Crippen molar-refractivity contribution in [2.75, 3.05) is 13.2 Å². The SMILES string of the molecule is c1ccc2c(OCC3CCCN3)nccc2c1. The molecular weight excluding hydrogens is 212 g/mol. The van der Waals surface area contributed by atoms with Gasteiger partial charge in [0.25, 0.3) is 0 Å². The zero-order chi connectivity index (χ0) is 11.5. The fraction of sp³-hybridized carbons (Fsp3) is 0.357. The van der Waals surface area contributed by atoms with E-state index in [0.29, 0.717) is 12.6 Å². The zero-order valence-electron chi connectivity index (χ0n) is 9.73. The number of nitrogens with one attached hydrogen (secondary N) is 1. The molecule has 0 radical (unpaired) electrons. The molecule has 3 rings (SSSR count). The maximum absolute atomic E-state index is 5.83. The molecule has 0 amide bonds. The normalized spacial score (nSPS) is 19.6. The van der Waals surface area contributed by atoms with Crippen molar-refractivity contribution in [2.24, 2.45) is 0 Å². The van der Waals surface area contributed by atoms with Crippen LogP contribution in [-0.2, 0) is 0 Å². The second-order valence-corrected chi connectivity index (χ2v) is 4.44. The molecule has 0 aliphatic carbocycles. The van der Waals surface area contributed by atoms with Crippen LogP contribution >= 0.6 is 0 Å². The Kier molecular flexibility index (Phi) is 2.92. The Labute approximate surface area is 101 Å². The van der Waals surface area contributed by atoms with Gasteiger partial charge in [-0.25, -0.2) is 4.98 Å². The number of benzene rings is 1. The number of rotatable bonds is 3. The molecule has 1 atom stereocenters. The van der Waals surface area contributed by atoms with Crippen LogP contribution in [0.4, 0.5) is 0 Å². The first-order valence-corrected chi connectivity index (χ1v) is 6.13. The second-order valence-electron chi connectivity index (χ2n) is 4.44. The van der Waals surface area contributed by atoms with Crippen molar-refractivity contribution in [3.8, 4) is 5.88 Å². The molecule has 1 N–H and O–H groups in total. The van der Waals surface area contributed by atoms with Crippen LogP contribution in [0.3, 0.4) is 0 Å². The number of hydrogen-bond acceptors (Lipinski definition) is 3. The molecule has 1 fully saturated rings. The molecule has 1 aliphatic rings. The summed E-state index contributed by atoms with van der Waals surface area (Å²) in [6, 6.07) is 10.7. The van der Waals surface area contributed by atoms with Gasteiger partial charge in [0.1, 0.15) is 6.61 Å². The Balaban J connectivity index is 1.79. The van der Waals surface area contributed by atoms with E-state index >= 15 is 0 Å².